The minimum Gasteiger partial charge on any atom is -0.391 e. The van der Waals surface area contributed by atoms with E-state index in [1.165, 1.54) is 16.7 Å². The number of hydrogen-bond acceptors (Lipinski definition) is 3. The Bertz CT molecular complexity index is 384. The minimum atomic E-state index is -0.193. The number of rotatable bonds is 4. The van der Waals surface area contributed by atoms with Crippen LogP contribution >= 0.6 is 12.4 Å². The average Bonchev–Trinajstić information content (AvgIpc) is 2.71. The summed E-state index contributed by atoms with van der Waals surface area (Å²) in [7, 11) is 0. The molecular formula is C14H23ClN2O. The van der Waals surface area contributed by atoms with E-state index >= 15 is 0 Å². The molecule has 0 bridgehead atoms. The highest BCUT2D eigenvalue weighted by Gasteiger charge is 2.23. The molecule has 2 atom stereocenters. The van der Waals surface area contributed by atoms with E-state index in [-0.39, 0.29) is 18.5 Å². The molecule has 0 aliphatic carbocycles. The van der Waals surface area contributed by atoms with Gasteiger partial charge in [0, 0.05) is 32.1 Å². The molecule has 0 aromatic heterocycles. The van der Waals surface area contributed by atoms with Gasteiger partial charge in [0.2, 0.25) is 0 Å². The molecule has 18 heavy (non-hydrogen) atoms. The fraction of sp³-hybridized carbons (Fsp3) is 0.571. The molecule has 1 aliphatic heterocycles. The van der Waals surface area contributed by atoms with E-state index < -0.39 is 0 Å². The number of hydrogen-bond donors (Lipinski definition) is 3. The summed E-state index contributed by atoms with van der Waals surface area (Å²) >= 11 is 0. The average molecular weight is 271 g/mol. The summed E-state index contributed by atoms with van der Waals surface area (Å²) in [6.45, 7) is 7.72. The summed E-state index contributed by atoms with van der Waals surface area (Å²) < 4.78 is 0. The standard InChI is InChI=1S/C14H22N2O.ClH/c1-10-4-3-5-12(11(10)2)6-15-7-13-8-16-9-14(13)17;/h3-5,13-17H,6-9H2,1-2H3;1H. The van der Waals surface area contributed by atoms with Gasteiger partial charge in [-0.1, -0.05) is 18.2 Å². The molecule has 1 heterocycles. The van der Waals surface area contributed by atoms with Crippen molar-refractivity contribution in [3.05, 3.63) is 34.9 Å². The highest BCUT2D eigenvalue weighted by atomic mass is 35.5. The largest absolute Gasteiger partial charge is 0.391 e. The zero-order valence-corrected chi connectivity index (χ0v) is 11.9. The van der Waals surface area contributed by atoms with E-state index in [9.17, 15) is 5.11 Å². The van der Waals surface area contributed by atoms with Crippen molar-refractivity contribution in [3.63, 3.8) is 0 Å². The van der Waals surface area contributed by atoms with Crippen molar-refractivity contribution < 1.29 is 5.11 Å². The molecule has 1 aromatic carbocycles. The quantitative estimate of drug-likeness (QED) is 0.775. The van der Waals surface area contributed by atoms with Crippen molar-refractivity contribution in [1.82, 2.24) is 10.6 Å². The molecule has 0 amide bonds. The van der Waals surface area contributed by atoms with Gasteiger partial charge in [0.05, 0.1) is 6.10 Å². The second-order valence-corrected chi connectivity index (χ2v) is 4.98. The van der Waals surface area contributed by atoms with E-state index in [0.717, 1.165) is 26.2 Å². The molecule has 1 saturated heterocycles. The van der Waals surface area contributed by atoms with Crippen LogP contribution in [-0.2, 0) is 6.54 Å². The fourth-order valence-corrected chi connectivity index (χ4v) is 2.32. The van der Waals surface area contributed by atoms with E-state index in [2.05, 4.69) is 42.7 Å². The maximum Gasteiger partial charge on any atom is 0.0716 e. The Labute approximate surface area is 115 Å². The van der Waals surface area contributed by atoms with Gasteiger partial charge < -0.3 is 15.7 Å². The van der Waals surface area contributed by atoms with Crippen molar-refractivity contribution in [3.8, 4) is 0 Å². The Hall–Kier alpha value is -0.610. The molecule has 1 fully saturated rings. The van der Waals surface area contributed by atoms with Crippen molar-refractivity contribution in [1.29, 1.82) is 0 Å². The molecule has 1 aliphatic rings. The maximum absolute atomic E-state index is 9.68. The van der Waals surface area contributed by atoms with Gasteiger partial charge in [-0.15, -0.1) is 12.4 Å². The molecule has 3 N–H and O–H groups in total. The number of halogens is 1. The lowest BCUT2D eigenvalue weighted by atomic mass is 10.0. The van der Waals surface area contributed by atoms with Gasteiger partial charge in [-0.3, -0.25) is 0 Å². The Morgan fingerprint density at radius 3 is 2.78 bits per heavy atom. The summed E-state index contributed by atoms with van der Waals surface area (Å²) in [5.41, 5.74) is 4.06. The maximum atomic E-state index is 9.68. The van der Waals surface area contributed by atoms with Crippen LogP contribution in [0.2, 0.25) is 0 Å². The molecule has 102 valence electrons. The van der Waals surface area contributed by atoms with Gasteiger partial charge >= 0.3 is 0 Å². The number of aliphatic hydroxyl groups is 1. The predicted octanol–water partition coefficient (Wildman–Crippen LogP) is 1.40. The summed E-state index contributed by atoms with van der Waals surface area (Å²) in [4.78, 5) is 0. The molecule has 2 rings (SSSR count). The van der Waals surface area contributed by atoms with Crippen molar-refractivity contribution in [2.24, 2.45) is 5.92 Å². The Balaban J connectivity index is 0.00000162. The number of β-amino-alcohol motifs (C(OH)–C–C–N with tert-alkyl or cyclic N) is 1. The zero-order valence-electron chi connectivity index (χ0n) is 11.1. The third-order valence-corrected chi connectivity index (χ3v) is 3.74. The smallest absolute Gasteiger partial charge is 0.0716 e. The molecule has 0 spiro atoms. The van der Waals surface area contributed by atoms with E-state index in [1.807, 2.05) is 0 Å². The monoisotopic (exact) mass is 270 g/mol. The van der Waals surface area contributed by atoms with E-state index in [1.54, 1.807) is 0 Å². The van der Waals surface area contributed by atoms with Crippen LogP contribution < -0.4 is 10.6 Å². The van der Waals surface area contributed by atoms with Crippen LogP contribution in [0.25, 0.3) is 0 Å². The predicted molar refractivity (Wildman–Crippen MR) is 77.2 cm³/mol. The van der Waals surface area contributed by atoms with Gasteiger partial charge in [-0.25, -0.2) is 0 Å². The minimum absolute atomic E-state index is 0. The van der Waals surface area contributed by atoms with E-state index in [4.69, 9.17) is 0 Å². The molecule has 0 saturated carbocycles. The number of aliphatic hydroxyl groups excluding tert-OH is 1. The second-order valence-electron chi connectivity index (χ2n) is 4.98. The van der Waals surface area contributed by atoms with Crippen LogP contribution in [0, 0.1) is 19.8 Å². The highest BCUT2D eigenvalue weighted by Crippen LogP contribution is 2.13. The zero-order chi connectivity index (χ0) is 12.3. The molecule has 3 nitrogen and oxygen atoms in total. The number of aryl methyl sites for hydroxylation is 1. The van der Waals surface area contributed by atoms with Gasteiger partial charge in [-0.2, -0.15) is 0 Å². The molecule has 1 aromatic rings. The molecule has 0 radical (unpaired) electrons. The normalized spacial score (nSPS) is 22.8. The highest BCUT2D eigenvalue weighted by molar-refractivity contribution is 5.85. The summed E-state index contributed by atoms with van der Waals surface area (Å²) in [6, 6.07) is 6.41. The first-order chi connectivity index (χ1) is 8.18. The van der Waals surface area contributed by atoms with Crippen LogP contribution in [-0.4, -0.2) is 30.8 Å². The van der Waals surface area contributed by atoms with Crippen LogP contribution in [0.5, 0.6) is 0 Å². The van der Waals surface area contributed by atoms with Crippen LogP contribution in [0.1, 0.15) is 16.7 Å². The molecule has 4 heteroatoms. The Morgan fingerprint density at radius 2 is 2.11 bits per heavy atom. The first-order valence-electron chi connectivity index (χ1n) is 6.33. The van der Waals surface area contributed by atoms with E-state index in [0.29, 0.717) is 5.92 Å². The van der Waals surface area contributed by atoms with Gasteiger partial charge in [0.15, 0.2) is 0 Å². The van der Waals surface area contributed by atoms with Crippen molar-refractivity contribution in [2.75, 3.05) is 19.6 Å². The lowest BCUT2D eigenvalue weighted by molar-refractivity contribution is 0.146. The summed E-state index contributed by atoms with van der Waals surface area (Å²) in [5.74, 6) is 0.347. The fourth-order valence-electron chi connectivity index (χ4n) is 2.32. The number of benzene rings is 1. The third kappa shape index (κ3) is 3.69. The van der Waals surface area contributed by atoms with Crippen LogP contribution in [0.3, 0.4) is 0 Å². The Kier molecular flexibility index (Phi) is 6.09. The second kappa shape index (κ2) is 7.10. The lowest BCUT2D eigenvalue weighted by Gasteiger charge is -2.15. The summed E-state index contributed by atoms with van der Waals surface area (Å²) in [6.07, 6.45) is -0.193. The third-order valence-electron chi connectivity index (χ3n) is 3.74. The molecule has 2 unspecified atom stereocenters. The molecular weight excluding hydrogens is 248 g/mol. The first-order valence-corrected chi connectivity index (χ1v) is 6.33. The van der Waals surface area contributed by atoms with Gasteiger partial charge in [0.1, 0.15) is 0 Å². The van der Waals surface area contributed by atoms with Gasteiger partial charge in [-0.05, 0) is 30.5 Å². The number of nitrogens with one attached hydrogen (secondary N) is 2. The lowest BCUT2D eigenvalue weighted by Crippen LogP contribution is -2.30. The SMILES string of the molecule is Cc1cccc(CNCC2CNCC2O)c1C.Cl. The first kappa shape index (κ1) is 15.4. The van der Waals surface area contributed by atoms with Crippen molar-refractivity contribution >= 4 is 12.4 Å². The van der Waals surface area contributed by atoms with Crippen LogP contribution in [0.4, 0.5) is 0 Å². The van der Waals surface area contributed by atoms with Gasteiger partial charge in [0.25, 0.3) is 0 Å². The Morgan fingerprint density at radius 1 is 1.33 bits per heavy atom. The summed E-state index contributed by atoms with van der Waals surface area (Å²) in [5, 5.41) is 16.3. The van der Waals surface area contributed by atoms with Crippen LogP contribution in [0.15, 0.2) is 18.2 Å². The topological polar surface area (TPSA) is 44.3 Å². The van der Waals surface area contributed by atoms with Crippen molar-refractivity contribution in [2.45, 2.75) is 26.5 Å².